The number of para-hydroxylation sites is 1. The molecule has 0 bridgehead atoms. The van der Waals surface area contributed by atoms with Crippen molar-refractivity contribution < 1.29 is 8.42 Å². The maximum Gasteiger partial charge on any atom is 0.252 e. The van der Waals surface area contributed by atoms with Crippen molar-refractivity contribution in [2.75, 3.05) is 25.5 Å². The van der Waals surface area contributed by atoms with Gasteiger partial charge in [0.1, 0.15) is 16.4 Å². The number of fused-ring (bicyclic) bond motifs is 1. The van der Waals surface area contributed by atoms with Crippen molar-refractivity contribution in [1.29, 1.82) is 0 Å². The van der Waals surface area contributed by atoms with E-state index in [2.05, 4.69) is 20.4 Å². The average Bonchev–Trinajstić information content (AvgIpc) is 3.39. The summed E-state index contributed by atoms with van der Waals surface area (Å²) >= 11 is 1.21. The van der Waals surface area contributed by atoms with Gasteiger partial charge >= 0.3 is 0 Å². The van der Waals surface area contributed by atoms with Gasteiger partial charge in [0, 0.05) is 20.1 Å². The molecular weight excluding hydrogens is 396 g/mol. The molecule has 28 heavy (non-hydrogen) atoms. The van der Waals surface area contributed by atoms with Crippen molar-refractivity contribution in [1.82, 2.24) is 24.1 Å². The van der Waals surface area contributed by atoms with Gasteiger partial charge in [0.2, 0.25) is 0 Å². The quantitative estimate of drug-likeness (QED) is 0.500. The fourth-order valence-electron chi connectivity index (χ4n) is 2.76. The maximum atomic E-state index is 12.5. The Labute approximate surface area is 166 Å². The molecule has 1 aromatic carbocycles. The van der Waals surface area contributed by atoms with E-state index in [4.69, 9.17) is 0 Å². The largest absolute Gasteiger partial charge is 0.368 e. The molecule has 0 saturated carbocycles. The Morgan fingerprint density at radius 3 is 2.71 bits per heavy atom. The highest BCUT2D eigenvalue weighted by atomic mass is 32.2. The van der Waals surface area contributed by atoms with E-state index in [-0.39, 0.29) is 0 Å². The van der Waals surface area contributed by atoms with Crippen molar-refractivity contribution in [3.63, 3.8) is 0 Å². The third-order valence-corrected chi connectivity index (χ3v) is 7.48. The first kappa shape index (κ1) is 18.5. The SMILES string of the molecule is CN(CCNc1ncnc2c1cnn2-c1ccccc1)S(=O)(=O)c1cccs1. The molecule has 0 fully saturated rings. The highest BCUT2D eigenvalue weighted by Gasteiger charge is 2.21. The smallest absolute Gasteiger partial charge is 0.252 e. The zero-order chi connectivity index (χ0) is 19.6. The van der Waals surface area contributed by atoms with Crippen LogP contribution in [-0.4, -0.2) is 52.6 Å². The summed E-state index contributed by atoms with van der Waals surface area (Å²) in [5.41, 5.74) is 1.59. The van der Waals surface area contributed by atoms with E-state index in [1.165, 1.54) is 22.0 Å². The Morgan fingerprint density at radius 1 is 1.14 bits per heavy atom. The van der Waals surface area contributed by atoms with Gasteiger partial charge in [0.05, 0.1) is 17.3 Å². The molecule has 10 heteroatoms. The zero-order valence-electron chi connectivity index (χ0n) is 15.1. The van der Waals surface area contributed by atoms with E-state index in [9.17, 15) is 8.42 Å². The highest BCUT2D eigenvalue weighted by molar-refractivity contribution is 7.91. The van der Waals surface area contributed by atoms with Crippen molar-refractivity contribution in [3.05, 3.63) is 60.4 Å². The summed E-state index contributed by atoms with van der Waals surface area (Å²) in [4.78, 5) is 8.62. The minimum absolute atomic E-state index is 0.304. The van der Waals surface area contributed by atoms with Gasteiger partial charge < -0.3 is 5.32 Å². The number of rotatable bonds is 7. The molecule has 3 aromatic heterocycles. The molecule has 0 unspecified atom stereocenters. The first-order valence-electron chi connectivity index (χ1n) is 8.55. The average molecular weight is 415 g/mol. The van der Waals surface area contributed by atoms with E-state index < -0.39 is 10.0 Å². The molecule has 0 aliphatic heterocycles. The summed E-state index contributed by atoms with van der Waals surface area (Å²) in [6.07, 6.45) is 3.18. The molecule has 1 N–H and O–H groups in total. The molecule has 144 valence electrons. The maximum absolute atomic E-state index is 12.5. The van der Waals surface area contributed by atoms with Crippen molar-refractivity contribution in [2.24, 2.45) is 0 Å². The summed E-state index contributed by atoms with van der Waals surface area (Å²) < 4.78 is 28.4. The lowest BCUT2D eigenvalue weighted by Crippen LogP contribution is -2.31. The van der Waals surface area contributed by atoms with Crippen molar-refractivity contribution in [2.45, 2.75) is 4.21 Å². The second kappa shape index (κ2) is 7.66. The molecule has 0 saturated heterocycles. The van der Waals surface area contributed by atoms with Crippen LogP contribution in [0.5, 0.6) is 0 Å². The number of benzene rings is 1. The Bertz CT molecular complexity index is 1170. The Hall–Kier alpha value is -2.82. The molecule has 4 aromatic rings. The second-order valence-electron chi connectivity index (χ2n) is 6.04. The van der Waals surface area contributed by atoms with Gasteiger partial charge in [-0.3, -0.25) is 0 Å². The van der Waals surface area contributed by atoms with Crippen LogP contribution in [0, 0.1) is 0 Å². The van der Waals surface area contributed by atoms with E-state index in [0.717, 1.165) is 11.1 Å². The molecular formula is C18H18N6O2S2. The summed E-state index contributed by atoms with van der Waals surface area (Å²) in [5, 5.41) is 10.1. The minimum atomic E-state index is -3.46. The molecule has 0 amide bonds. The number of nitrogens with one attached hydrogen (secondary N) is 1. The standard InChI is InChI=1S/C18H18N6O2S2/c1-23(28(25,26)16-8-5-11-27-16)10-9-19-17-15-12-22-24(18(15)21-13-20-17)14-6-3-2-4-7-14/h2-8,11-13H,9-10H2,1H3,(H,19,20,21). The molecule has 3 heterocycles. The third-order valence-electron chi connectivity index (χ3n) is 4.25. The molecule has 0 atom stereocenters. The number of anilines is 1. The third kappa shape index (κ3) is 3.49. The van der Waals surface area contributed by atoms with Crippen LogP contribution >= 0.6 is 11.3 Å². The molecule has 8 nitrogen and oxygen atoms in total. The number of aromatic nitrogens is 4. The monoisotopic (exact) mass is 414 g/mol. The molecule has 0 radical (unpaired) electrons. The van der Waals surface area contributed by atoms with Crippen molar-refractivity contribution >= 4 is 38.2 Å². The Balaban J connectivity index is 1.49. The molecule has 0 spiro atoms. The Morgan fingerprint density at radius 2 is 1.96 bits per heavy atom. The van der Waals surface area contributed by atoms with Gasteiger partial charge in [0.25, 0.3) is 10.0 Å². The van der Waals surface area contributed by atoms with E-state index in [1.807, 2.05) is 30.3 Å². The summed E-state index contributed by atoms with van der Waals surface area (Å²) in [7, 11) is -1.89. The van der Waals surface area contributed by atoms with E-state index >= 15 is 0 Å². The summed E-state index contributed by atoms with van der Waals surface area (Å²) in [6.45, 7) is 0.711. The Kier molecular flexibility index (Phi) is 5.07. The first-order valence-corrected chi connectivity index (χ1v) is 10.9. The zero-order valence-corrected chi connectivity index (χ0v) is 16.7. The van der Waals surface area contributed by atoms with Gasteiger partial charge in [-0.15, -0.1) is 11.3 Å². The van der Waals surface area contributed by atoms with Crippen LogP contribution in [0.15, 0.2) is 64.6 Å². The van der Waals surface area contributed by atoms with Crippen LogP contribution in [0.25, 0.3) is 16.7 Å². The number of likely N-dealkylation sites (N-methyl/N-ethyl adjacent to an activating group) is 1. The fraction of sp³-hybridized carbons (Fsp3) is 0.167. The highest BCUT2D eigenvalue weighted by Crippen LogP contribution is 2.22. The minimum Gasteiger partial charge on any atom is -0.368 e. The number of sulfonamides is 1. The molecule has 0 aliphatic rings. The lowest BCUT2D eigenvalue weighted by atomic mass is 10.3. The second-order valence-corrected chi connectivity index (χ2v) is 9.26. The van der Waals surface area contributed by atoms with Crippen LogP contribution in [0.1, 0.15) is 0 Å². The summed E-state index contributed by atoms with van der Waals surface area (Å²) in [5.74, 6) is 0.620. The number of hydrogen-bond acceptors (Lipinski definition) is 7. The van der Waals surface area contributed by atoms with Gasteiger partial charge in [-0.25, -0.2) is 23.1 Å². The number of hydrogen-bond donors (Lipinski definition) is 1. The van der Waals surface area contributed by atoms with Gasteiger partial charge in [-0.2, -0.15) is 9.40 Å². The van der Waals surface area contributed by atoms with Crippen LogP contribution in [0.4, 0.5) is 5.82 Å². The van der Waals surface area contributed by atoms with Crippen LogP contribution in [0.2, 0.25) is 0 Å². The van der Waals surface area contributed by atoms with Gasteiger partial charge in [-0.05, 0) is 23.6 Å². The van der Waals surface area contributed by atoms with Crippen molar-refractivity contribution in [3.8, 4) is 5.69 Å². The first-order chi connectivity index (χ1) is 13.6. The van der Waals surface area contributed by atoms with Crippen LogP contribution in [0.3, 0.4) is 0 Å². The lowest BCUT2D eigenvalue weighted by Gasteiger charge is -2.16. The predicted molar refractivity (Wildman–Crippen MR) is 109 cm³/mol. The normalized spacial score (nSPS) is 11.9. The topological polar surface area (TPSA) is 93.0 Å². The molecule has 0 aliphatic carbocycles. The fourth-order valence-corrected chi connectivity index (χ4v) is 5.13. The predicted octanol–water partition coefficient (Wildman–Crippen LogP) is 2.61. The number of thiophene rings is 1. The van der Waals surface area contributed by atoms with Gasteiger partial charge in [-0.1, -0.05) is 24.3 Å². The van der Waals surface area contributed by atoms with Crippen LogP contribution < -0.4 is 5.32 Å². The molecule has 4 rings (SSSR count). The number of nitrogens with zero attached hydrogens (tertiary/aromatic N) is 5. The van der Waals surface area contributed by atoms with Crippen LogP contribution in [-0.2, 0) is 10.0 Å². The van der Waals surface area contributed by atoms with Gasteiger partial charge in [0.15, 0.2) is 5.65 Å². The van der Waals surface area contributed by atoms with E-state index in [0.29, 0.717) is 28.8 Å². The summed E-state index contributed by atoms with van der Waals surface area (Å²) in [6, 6.07) is 13.1. The van der Waals surface area contributed by atoms with E-state index in [1.54, 1.807) is 35.4 Å². The lowest BCUT2D eigenvalue weighted by molar-refractivity contribution is 0.482.